The van der Waals surface area contributed by atoms with Crippen LogP contribution >= 0.6 is 0 Å². The van der Waals surface area contributed by atoms with Crippen LogP contribution in [0.4, 0.5) is 0 Å². The van der Waals surface area contributed by atoms with Gasteiger partial charge in [0.05, 0.1) is 6.10 Å². The van der Waals surface area contributed by atoms with Gasteiger partial charge in [-0.05, 0) is 25.3 Å². The second-order valence-corrected chi connectivity index (χ2v) is 3.94. The Balaban J connectivity index is 2.35. The van der Waals surface area contributed by atoms with E-state index >= 15 is 0 Å². The smallest absolute Gasteiger partial charge is 0.130 e. The van der Waals surface area contributed by atoms with Crippen molar-refractivity contribution in [3.8, 4) is 5.75 Å². The molecular weight excluding hydrogens is 186 g/mol. The molecule has 1 aromatic rings. The molecule has 0 fully saturated rings. The van der Waals surface area contributed by atoms with E-state index in [9.17, 15) is 0 Å². The number of hydrogen-bond acceptors (Lipinski definition) is 2. The van der Waals surface area contributed by atoms with Gasteiger partial charge in [0, 0.05) is 12.1 Å². The van der Waals surface area contributed by atoms with Crippen molar-refractivity contribution in [2.75, 3.05) is 6.54 Å². The highest BCUT2D eigenvalue weighted by Crippen LogP contribution is 2.31. The minimum atomic E-state index is 0.324. The van der Waals surface area contributed by atoms with E-state index in [0.29, 0.717) is 12.6 Å². The summed E-state index contributed by atoms with van der Waals surface area (Å²) in [7, 11) is 0. The number of ether oxygens (including phenoxy) is 1. The predicted molar refractivity (Wildman–Crippen MR) is 62.9 cm³/mol. The molecule has 1 aliphatic rings. The fraction of sp³-hybridized carbons (Fsp3) is 0.385. The predicted octanol–water partition coefficient (Wildman–Crippen LogP) is 2.37. The van der Waals surface area contributed by atoms with Crippen molar-refractivity contribution in [2.45, 2.75) is 25.9 Å². The third kappa shape index (κ3) is 2.21. The summed E-state index contributed by atoms with van der Waals surface area (Å²) in [5.41, 5.74) is 7.91. The molecule has 1 heterocycles. The molecule has 0 saturated carbocycles. The molecule has 0 bridgehead atoms. The lowest BCUT2D eigenvalue weighted by atomic mass is 9.99. The molecule has 2 nitrogen and oxygen atoms in total. The molecule has 2 N–H and O–H groups in total. The zero-order chi connectivity index (χ0) is 10.7. The molecule has 1 aromatic carbocycles. The number of aryl methyl sites for hydroxylation is 1. The second-order valence-electron chi connectivity index (χ2n) is 3.94. The summed E-state index contributed by atoms with van der Waals surface area (Å²) in [5.74, 6) is 1.04. The van der Waals surface area contributed by atoms with Gasteiger partial charge in [0.2, 0.25) is 0 Å². The van der Waals surface area contributed by atoms with Crippen molar-refractivity contribution in [3.63, 3.8) is 0 Å². The van der Waals surface area contributed by atoms with Gasteiger partial charge in [-0.2, -0.15) is 0 Å². The Morgan fingerprint density at radius 1 is 1.53 bits per heavy atom. The van der Waals surface area contributed by atoms with Crippen LogP contribution in [0.2, 0.25) is 0 Å². The Hall–Kier alpha value is -1.28. The van der Waals surface area contributed by atoms with Gasteiger partial charge in [0.15, 0.2) is 0 Å². The summed E-state index contributed by atoms with van der Waals surface area (Å²) in [4.78, 5) is 0. The minimum Gasteiger partial charge on any atom is -0.490 e. The average Bonchev–Trinajstić information content (AvgIpc) is 2.26. The normalized spacial score (nSPS) is 20.0. The second kappa shape index (κ2) is 4.49. The van der Waals surface area contributed by atoms with Gasteiger partial charge in [0.25, 0.3) is 0 Å². The lowest BCUT2D eigenvalue weighted by Crippen LogP contribution is -2.19. The lowest BCUT2D eigenvalue weighted by molar-refractivity contribution is 0.192. The third-order valence-electron chi connectivity index (χ3n) is 2.70. The number of benzene rings is 1. The first-order valence-corrected chi connectivity index (χ1v) is 5.46. The van der Waals surface area contributed by atoms with E-state index in [1.165, 1.54) is 5.56 Å². The Morgan fingerprint density at radius 2 is 2.40 bits per heavy atom. The highest BCUT2D eigenvalue weighted by Gasteiger charge is 2.17. The molecule has 1 unspecified atom stereocenters. The van der Waals surface area contributed by atoms with Crippen LogP contribution in [0.5, 0.6) is 5.75 Å². The van der Waals surface area contributed by atoms with E-state index in [1.807, 2.05) is 12.2 Å². The van der Waals surface area contributed by atoms with Crippen molar-refractivity contribution < 1.29 is 4.74 Å². The largest absolute Gasteiger partial charge is 0.490 e. The van der Waals surface area contributed by atoms with Gasteiger partial charge < -0.3 is 10.5 Å². The van der Waals surface area contributed by atoms with Crippen molar-refractivity contribution in [2.24, 2.45) is 5.73 Å². The van der Waals surface area contributed by atoms with Crippen molar-refractivity contribution in [1.29, 1.82) is 0 Å². The third-order valence-corrected chi connectivity index (χ3v) is 2.70. The first-order valence-electron chi connectivity index (χ1n) is 5.46. The summed E-state index contributed by atoms with van der Waals surface area (Å²) < 4.78 is 5.87. The Bertz CT molecular complexity index is 371. The minimum absolute atomic E-state index is 0.324. The molecule has 1 atom stereocenters. The maximum atomic E-state index is 5.87. The molecule has 15 heavy (non-hydrogen) atoms. The zero-order valence-electron chi connectivity index (χ0n) is 9.07. The number of fused-ring (bicyclic) bond motifs is 1. The standard InChI is InChI=1S/C13H17NO/c1-10-7-8-12-5-2-4-11(6-3-9-14)13(12)15-10/h2-6,10H,7-9,14H2,1H3/b6-3+. The molecule has 0 saturated heterocycles. The van der Waals surface area contributed by atoms with Crippen LogP contribution in [0.1, 0.15) is 24.5 Å². The molecule has 0 radical (unpaired) electrons. The van der Waals surface area contributed by atoms with Gasteiger partial charge >= 0.3 is 0 Å². The van der Waals surface area contributed by atoms with E-state index in [1.54, 1.807) is 0 Å². The van der Waals surface area contributed by atoms with Crippen LogP contribution in [0.25, 0.3) is 6.08 Å². The van der Waals surface area contributed by atoms with Crippen LogP contribution in [-0.2, 0) is 6.42 Å². The number of rotatable bonds is 2. The average molecular weight is 203 g/mol. The first kappa shape index (κ1) is 10.2. The van der Waals surface area contributed by atoms with Crippen LogP contribution in [-0.4, -0.2) is 12.6 Å². The summed E-state index contributed by atoms with van der Waals surface area (Å²) in [6.45, 7) is 2.69. The first-order chi connectivity index (χ1) is 7.31. The number of para-hydroxylation sites is 1. The topological polar surface area (TPSA) is 35.2 Å². The molecule has 2 rings (SSSR count). The molecule has 0 amide bonds. The van der Waals surface area contributed by atoms with E-state index in [0.717, 1.165) is 24.2 Å². The molecule has 0 spiro atoms. The van der Waals surface area contributed by atoms with Gasteiger partial charge in [0.1, 0.15) is 5.75 Å². The van der Waals surface area contributed by atoms with Crippen LogP contribution < -0.4 is 10.5 Å². The highest BCUT2D eigenvalue weighted by atomic mass is 16.5. The van der Waals surface area contributed by atoms with Crippen LogP contribution in [0, 0.1) is 0 Å². The fourth-order valence-corrected chi connectivity index (χ4v) is 1.89. The monoisotopic (exact) mass is 203 g/mol. The number of nitrogens with two attached hydrogens (primary N) is 1. The SMILES string of the molecule is CC1CCc2cccc(/C=C/CN)c2O1. The maximum Gasteiger partial charge on any atom is 0.130 e. The number of hydrogen-bond donors (Lipinski definition) is 1. The molecule has 0 aliphatic carbocycles. The van der Waals surface area contributed by atoms with E-state index in [2.05, 4.69) is 25.1 Å². The van der Waals surface area contributed by atoms with Gasteiger partial charge in [-0.25, -0.2) is 0 Å². The van der Waals surface area contributed by atoms with E-state index < -0.39 is 0 Å². The Kier molecular flexibility index (Phi) is 3.07. The summed E-state index contributed by atoms with van der Waals surface area (Å²) in [6, 6.07) is 6.29. The quantitative estimate of drug-likeness (QED) is 0.801. The molecule has 2 heteroatoms. The Morgan fingerprint density at radius 3 is 3.20 bits per heavy atom. The van der Waals surface area contributed by atoms with Crippen molar-refractivity contribution in [1.82, 2.24) is 0 Å². The maximum absolute atomic E-state index is 5.87. The molecular formula is C13H17NO. The van der Waals surface area contributed by atoms with Crippen molar-refractivity contribution in [3.05, 3.63) is 35.4 Å². The highest BCUT2D eigenvalue weighted by molar-refractivity contribution is 5.60. The van der Waals surface area contributed by atoms with Gasteiger partial charge in [-0.15, -0.1) is 0 Å². The van der Waals surface area contributed by atoms with Crippen molar-refractivity contribution >= 4 is 6.08 Å². The fourth-order valence-electron chi connectivity index (χ4n) is 1.89. The van der Waals surface area contributed by atoms with Gasteiger partial charge in [-0.1, -0.05) is 30.4 Å². The summed E-state index contributed by atoms with van der Waals surface area (Å²) in [6.07, 6.45) is 6.54. The zero-order valence-corrected chi connectivity index (χ0v) is 9.07. The molecule has 1 aliphatic heterocycles. The summed E-state index contributed by atoms with van der Waals surface area (Å²) >= 11 is 0. The summed E-state index contributed by atoms with van der Waals surface area (Å²) in [5, 5.41) is 0. The van der Waals surface area contributed by atoms with E-state index in [4.69, 9.17) is 10.5 Å². The van der Waals surface area contributed by atoms with Crippen LogP contribution in [0.15, 0.2) is 24.3 Å². The molecule has 0 aromatic heterocycles. The van der Waals surface area contributed by atoms with Crippen LogP contribution in [0.3, 0.4) is 0 Å². The van der Waals surface area contributed by atoms with Gasteiger partial charge in [-0.3, -0.25) is 0 Å². The Labute approximate surface area is 90.7 Å². The van der Waals surface area contributed by atoms with E-state index in [-0.39, 0.29) is 0 Å². The lowest BCUT2D eigenvalue weighted by Gasteiger charge is -2.24. The molecule has 80 valence electrons.